The van der Waals surface area contributed by atoms with E-state index in [1.165, 1.54) is 0 Å². The molecule has 1 rings (SSSR count). The predicted octanol–water partition coefficient (Wildman–Crippen LogP) is 1.05. The Morgan fingerprint density at radius 3 is 2.90 bits per heavy atom. The van der Waals surface area contributed by atoms with Gasteiger partial charge in [0.1, 0.15) is 6.67 Å². The number of nitrogens with zero attached hydrogens (tertiary/aromatic N) is 1. The van der Waals surface area contributed by atoms with Gasteiger partial charge >= 0.3 is 0 Å². The molecule has 0 saturated carbocycles. The quantitative estimate of drug-likeness (QED) is 0.666. The van der Waals surface area contributed by atoms with Crippen molar-refractivity contribution in [1.29, 1.82) is 0 Å². The molecule has 1 heterocycles. The van der Waals surface area contributed by atoms with E-state index in [4.69, 9.17) is 5.73 Å². The number of pyridine rings is 1. The van der Waals surface area contributed by atoms with Gasteiger partial charge in [-0.15, -0.1) is 0 Å². The molecule has 0 spiro atoms. The van der Waals surface area contributed by atoms with Crippen LogP contribution in [0.15, 0.2) is 24.4 Å². The summed E-state index contributed by atoms with van der Waals surface area (Å²) in [5, 5.41) is 0. The fraction of sp³-hybridized carbons (Fsp3) is 0.286. The highest BCUT2D eigenvalue weighted by Gasteiger charge is 2.03. The fourth-order valence-electron chi connectivity index (χ4n) is 0.674. The van der Waals surface area contributed by atoms with Crippen LogP contribution in [0.1, 0.15) is 11.7 Å². The Balaban J connectivity index is 2.75. The third kappa shape index (κ3) is 1.51. The van der Waals surface area contributed by atoms with E-state index in [9.17, 15) is 4.39 Å². The number of nitrogens with two attached hydrogens (primary N) is 1. The maximum Gasteiger partial charge on any atom is 0.110 e. The molecule has 0 saturated heterocycles. The lowest BCUT2D eigenvalue weighted by Gasteiger charge is -2.03. The van der Waals surface area contributed by atoms with Gasteiger partial charge in [-0.2, -0.15) is 0 Å². The van der Waals surface area contributed by atoms with Gasteiger partial charge in [0.25, 0.3) is 0 Å². The van der Waals surface area contributed by atoms with E-state index in [2.05, 4.69) is 4.98 Å². The average Bonchev–Trinajstić information content (AvgIpc) is 2.05. The molecular formula is C7H9FN2. The Kier molecular flexibility index (Phi) is 2.34. The van der Waals surface area contributed by atoms with E-state index in [0.717, 1.165) is 0 Å². The summed E-state index contributed by atoms with van der Waals surface area (Å²) >= 11 is 0. The summed E-state index contributed by atoms with van der Waals surface area (Å²) in [5.41, 5.74) is 5.96. The normalized spacial score (nSPS) is 13.0. The van der Waals surface area contributed by atoms with Crippen LogP contribution in [0.3, 0.4) is 0 Å². The minimum atomic E-state index is -0.568. The van der Waals surface area contributed by atoms with Crippen LogP contribution in [0.5, 0.6) is 0 Å². The average molecular weight is 140 g/mol. The molecule has 1 aromatic rings. The summed E-state index contributed by atoms with van der Waals surface area (Å²) in [5.74, 6) is 0. The fourth-order valence-corrected chi connectivity index (χ4v) is 0.674. The molecule has 54 valence electrons. The summed E-state index contributed by atoms with van der Waals surface area (Å²) in [6.07, 6.45) is 1.60. The van der Waals surface area contributed by atoms with E-state index in [1.807, 2.05) is 0 Å². The highest BCUT2D eigenvalue weighted by atomic mass is 19.1. The van der Waals surface area contributed by atoms with Gasteiger partial charge in [-0.05, 0) is 12.1 Å². The molecule has 0 aromatic carbocycles. The monoisotopic (exact) mass is 140 g/mol. The number of halogens is 1. The molecule has 0 bridgehead atoms. The van der Waals surface area contributed by atoms with Gasteiger partial charge in [0.05, 0.1) is 11.7 Å². The largest absolute Gasteiger partial charge is 0.321 e. The van der Waals surface area contributed by atoms with Gasteiger partial charge in [-0.25, -0.2) is 4.39 Å². The molecule has 1 atom stereocenters. The second-order valence-electron chi connectivity index (χ2n) is 2.02. The molecule has 2 N–H and O–H groups in total. The molecule has 0 aliphatic carbocycles. The highest BCUT2D eigenvalue weighted by Crippen LogP contribution is 2.04. The summed E-state index contributed by atoms with van der Waals surface area (Å²) in [6, 6.07) is 4.71. The van der Waals surface area contributed by atoms with Crippen molar-refractivity contribution in [3.8, 4) is 0 Å². The molecular weight excluding hydrogens is 131 g/mol. The van der Waals surface area contributed by atoms with Crippen molar-refractivity contribution in [3.05, 3.63) is 30.1 Å². The SMILES string of the molecule is NC(CF)c1ccccn1. The molecule has 1 aromatic heterocycles. The van der Waals surface area contributed by atoms with Gasteiger partial charge in [0.2, 0.25) is 0 Å². The molecule has 2 nitrogen and oxygen atoms in total. The summed E-state index contributed by atoms with van der Waals surface area (Å²) in [7, 11) is 0. The maximum absolute atomic E-state index is 11.9. The number of rotatable bonds is 2. The summed E-state index contributed by atoms with van der Waals surface area (Å²) < 4.78 is 11.9. The minimum absolute atomic E-state index is 0.559. The predicted molar refractivity (Wildman–Crippen MR) is 37.1 cm³/mol. The lowest BCUT2D eigenvalue weighted by Crippen LogP contribution is -2.13. The van der Waals surface area contributed by atoms with Crippen LogP contribution in [0, 0.1) is 0 Å². The minimum Gasteiger partial charge on any atom is -0.321 e. The molecule has 10 heavy (non-hydrogen) atoms. The first-order chi connectivity index (χ1) is 4.84. The number of alkyl halides is 1. The van der Waals surface area contributed by atoms with Crippen LogP contribution < -0.4 is 5.73 Å². The number of hydrogen-bond acceptors (Lipinski definition) is 2. The lowest BCUT2D eigenvalue weighted by molar-refractivity contribution is 0.432. The van der Waals surface area contributed by atoms with Crippen molar-refractivity contribution in [2.24, 2.45) is 5.73 Å². The first-order valence-electron chi connectivity index (χ1n) is 3.07. The summed E-state index contributed by atoms with van der Waals surface area (Å²) in [4.78, 5) is 3.88. The van der Waals surface area contributed by atoms with Crippen molar-refractivity contribution in [2.45, 2.75) is 6.04 Å². The second kappa shape index (κ2) is 3.27. The van der Waals surface area contributed by atoms with Crippen LogP contribution in [0.2, 0.25) is 0 Å². The third-order valence-electron chi connectivity index (χ3n) is 1.23. The van der Waals surface area contributed by atoms with Crippen LogP contribution in [0.4, 0.5) is 4.39 Å². The zero-order chi connectivity index (χ0) is 7.40. The van der Waals surface area contributed by atoms with Crippen LogP contribution in [0.25, 0.3) is 0 Å². The van der Waals surface area contributed by atoms with Crippen LogP contribution in [-0.4, -0.2) is 11.7 Å². The first kappa shape index (κ1) is 7.15. The Morgan fingerprint density at radius 2 is 2.40 bits per heavy atom. The standard InChI is InChI=1S/C7H9FN2/c8-5-6(9)7-3-1-2-4-10-7/h1-4,6H,5,9H2. The molecule has 0 fully saturated rings. The Morgan fingerprint density at radius 1 is 1.60 bits per heavy atom. The molecule has 0 aliphatic heterocycles. The smallest absolute Gasteiger partial charge is 0.110 e. The number of aromatic nitrogens is 1. The van der Waals surface area contributed by atoms with Gasteiger partial charge < -0.3 is 5.73 Å². The van der Waals surface area contributed by atoms with Crippen molar-refractivity contribution < 1.29 is 4.39 Å². The van der Waals surface area contributed by atoms with Gasteiger partial charge in [-0.1, -0.05) is 6.07 Å². The topological polar surface area (TPSA) is 38.9 Å². The summed E-state index contributed by atoms with van der Waals surface area (Å²) in [6.45, 7) is -0.559. The van der Waals surface area contributed by atoms with E-state index in [-0.39, 0.29) is 0 Å². The van der Waals surface area contributed by atoms with Gasteiger partial charge in [0.15, 0.2) is 0 Å². The first-order valence-corrected chi connectivity index (χ1v) is 3.07. The van der Waals surface area contributed by atoms with E-state index in [1.54, 1.807) is 24.4 Å². The molecule has 0 amide bonds. The molecule has 1 unspecified atom stereocenters. The highest BCUT2D eigenvalue weighted by molar-refractivity contribution is 5.07. The second-order valence-corrected chi connectivity index (χ2v) is 2.02. The van der Waals surface area contributed by atoms with Crippen LogP contribution in [-0.2, 0) is 0 Å². The van der Waals surface area contributed by atoms with Gasteiger partial charge in [0, 0.05) is 6.20 Å². The van der Waals surface area contributed by atoms with Crippen molar-refractivity contribution in [2.75, 3.05) is 6.67 Å². The Labute approximate surface area is 58.9 Å². The van der Waals surface area contributed by atoms with Crippen LogP contribution >= 0.6 is 0 Å². The van der Waals surface area contributed by atoms with Crippen molar-refractivity contribution >= 4 is 0 Å². The zero-order valence-corrected chi connectivity index (χ0v) is 5.50. The van der Waals surface area contributed by atoms with E-state index in [0.29, 0.717) is 5.69 Å². The van der Waals surface area contributed by atoms with E-state index >= 15 is 0 Å². The molecule has 3 heteroatoms. The maximum atomic E-state index is 11.9. The van der Waals surface area contributed by atoms with Gasteiger partial charge in [-0.3, -0.25) is 4.98 Å². The van der Waals surface area contributed by atoms with E-state index < -0.39 is 12.7 Å². The zero-order valence-electron chi connectivity index (χ0n) is 5.50. The third-order valence-corrected chi connectivity index (χ3v) is 1.23. The Bertz CT molecular complexity index is 188. The Hall–Kier alpha value is -0.960. The lowest BCUT2D eigenvalue weighted by atomic mass is 10.2. The van der Waals surface area contributed by atoms with Crippen molar-refractivity contribution in [1.82, 2.24) is 4.98 Å². The van der Waals surface area contributed by atoms with Crippen molar-refractivity contribution in [3.63, 3.8) is 0 Å². The molecule has 0 aliphatic rings. The molecule has 0 radical (unpaired) electrons. The number of hydrogen-bond donors (Lipinski definition) is 1.